The minimum Gasteiger partial charge on any atom is -0.493 e. The second-order valence-corrected chi connectivity index (χ2v) is 3.64. The van der Waals surface area contributed by atoms with Crippen LogP contribution in [0.4, 0.5) is 0 Å². The quantitative estimate of drug-likeness (QED) is 0.796. The number of halogens is 1. The molecule has 5 heteroatoms. The van der Waals surface area contributed by atoms with Crippen molar-refractivity contribution in [2.45, 2.75) is 6.54 Å². The third-order valence-electron chi connectivity index (χ3n) is 2.02. The van der Waals surface area contributed by atoms with Gasteiger partial charge in [0.1, 0.15) is 6.61 Å². The number of nitrogens with one attached hydrogen (secondary N) is 1. The van der Waals surface area contributed by atoms with Gasteiger partial charge in [-0.05, 0) is 13.1 Å². The average Bonchev–Trinajstić information content (AvgIpc) is 2.27. The third-order valence-corrected chi connectivity index (χ3v) is 2.24. The Balaban J connectivity index is 3.05. The van der Waals surface area contributed by atoms with Crippen LogP contribution in [-0.2, 0) is 6.54 Å². The highest BCUT2D eigenvalue weighted by Gasteiger charge is 2.12. The lowest BCUT2D eigenvalue weighted by Gasteiger charge is -2.15. The molecule has 16 heavy (non-hydrogen) atoms. The maximum absolute atomic E-state index is 8.76. The van der Waals surface area contributed by atoms with Crippen molar-refractivity contribution in [1.29, 1.82) is 0 Å². The normalized spacial score (nSPS) is 10.2. The highest BCUT2D eigenvalue weighted by molar-refractivity contribution is 6.30. The summed E-state index contributed by atoms with van der Waals surface area (Å²) >= 11 is 5.96. The summed E-state index contributed by atoms with van der Waals surface area (Å²) in [6.07, 6.45) is 0. The molecule has 0 saturated carbocycles. The van der Waals surface area contributed by atoms with Crippen molar-refractivity contribution < 1.29 is 14.6 Å². The molecule has 0 bridgehead atoms. The van der Waals surface area contributed by atoms with Gasteiger partial charge in [-0.3, -0.25) is 0 Å². The van der Waals surface area contributed by atoms with E-state index in [1.54, 1.807) is 13.2 Å². The van der Waals surface area contributed by atoms with Crippen LogP contribution in [0.2, 0.25) is 5.02 Å². The number of benzene rings is 1. The maximum Gasteiger partial charge on any atom is 0.165 e. The number of rotatable bonds is 6. The Labute approximate surface area is 100 Å². The van der Waals surface area contributed by atoms with Gasteiger partial charge in [0.15, 0.2) is 11.5 Å². The lowest BCUT2D eigenvalue weighted by Crippen LogP contribution is -2.10. The van der Waals surface area contributed by atoms with Gasteiger partial charge < -0.3 is 19.9 Å². The molecule has 4 nitrogen and oxygen atoms in total. The van der Waals surface area contributed by atoms with E-state index in [0.29, 0.717) is 23.1 Å². The minimum absolute atomic E-state index is 0.0369. The van der Waals surface area contributed by atoms with Gasteiger partial charge in [0.2, 0.25) is 0 Å². The average molecular weight is 246 g/mol. The fraction of sp³-hybridized carbons (Fsp3) is 0.455. The Kier molecular flexibility index (Phi) is 5.38. The topological polar surface area (TPSA) is 50.7 Å². The third kappa shape index (κ3) is 3.27. The van der Waals surface area contributed by atoms with Gasteiger partial charge >= 0.3 is 0 Å². The molecule has 0 fully saturated rings. The summed E-state index contributed by atoms with van der Waals surface area (Å²) in [5.41, 5.74) is 0.903. The highest BCUT2D eigenvalue weighted by Crippen LogP contribution is 2.34. The zero-order chi connectivity index (χ0) is 12.0. The predicted octanol–water partition coefficient (Wildman–Crippen LogP) is 1.44. The van der Waals surface area contributed by atoms with Crippen LogP contribution in [0.15, 0.2) is 12.1 Å². The first-order valence-corrected chi connectivity index (χ1v) is 5.35. The summed E-state index contributed by atoms with van der Waals surface area (Å²) in [7, 11) is 3.39. The van der Waals surface area contributed by atoms with Crippen molar-refractivity contribution in [1.82, 2.24) is 5.32 Å². The SMILES string of the molecule is CNCc1cc(Cl)cc(OC)c1OCCO. The lowest BCUT2D eigenvalue weighted by atomic mass is 10.2. The first-order valence-electron chi connectivity index (χ1n) is 4.97. The van der Waals surface area contributed by atoms with Crippen molar-refractivity contribution in [3.8, 4) is 11.5 Å². The van der Waals surface area contributed by atoms with E-state index in [4.69, 9.17) is 26.2 Å². The Bertz CT molecular complexity index is 344. The van der Waals surface area contributed by atoms with E-state index in [0.717, 1.165) is 5.56 Å². The fourth-order valence-electron chi connectivity index (χ4n) is 1.41. The van der Waals surface area contributed by atoms with Crippen molar-refractivity contribution >= 4 is 11.6 Å². The number of hydrogen-bond acceptors (Lipinski definition) is 4. The summed E-state index contributed by atoms with van der Waals surface area (Å²) < 4.78 is 10.6. The first-order chi connectivity index (χ1) is 7.72. The molecule has 0 unspecified atom stereocenters. The Hall–Kier alpha value is -0.970. The number of methoxy groups -OCH3 is 1. The molecule has 0 aromatic heterocycles. The van der Waals surface area contributed by atoms with Crippen molar-refractivity contribution in [2.24, 2.45) is 0 Å². The van der Waals surface area contributed by atoms with Crippen LogP contribution in [0.3, 0.4) is 0 Å². The Morgan fingerprint density at radius 1 is 1.44 bits per heavy atom. The van der Waals surface area contributed by atoms with Gasteiger partial charge in [0, 0.05) is 23.2 Å². The van der Waals surface area contributed by atoms with Crippen molar-refractivity contribution in [3.05, 3.63) is 22.7 Å². The van der Waals surface area contributed by atoms with Crippen molar-refractivity contribution in [2.75, 3.05) is 27.4 Å². The van der Waals surface area contributed by atoms with Gasteiger partial charge in [0.05, 0.1) is 13.7 Å². The van der Waals surface area contributed by atoms with Gasteiger partial charge in [-0.15, -0.1) is 0 Å². The molecular weight excluding hydrogens is 230 g/mol. The molecule has 0 atom stereocenters. The number of aliphatic hydroxyl groups excluding tert-OH is 1. The van der Waals surface area contributed by atoms with E-state index < -0.39 is 0 Å². The zero-order valence-corrected chi connectivity index (χ0v) is 10.2. The van der Waals surface area contributed by atoms with Crippen LogP contribution in [0.5, 0.6) is 11.5 Å². The largest absolute Gasteiger partial charge is 0.493 e. The van der Waals surface area contributed by atoms with E-state index in [1.807, 2.05) is 13.1 Å². The van der Waals surface area contributed by atoms with Gasteiger partial charge in [-0.2, -0.15) is 0 Å². The Morgan fingerprint density at radius 2 is 2.19 bits per heavy atom. The van der Waals surface area contributed by atoms with Crippen molar-refractivity contribution in [3.63, 3.8) is 0 Å². The lowest BCUT2D eigenvalue weighted by molar-refractivity contribution is 0.195. The predicted molar refractivity (Wildman–Crippen MR) is 63.3 cm³/mol. The summed E-state index contributed by atoms with van der Waals surface area (Å²) in [4.78, 5) is 0. The summed E-state index contributed by atoms with van der Waals surface area (Å²) in [6, 6.07) is 3.50. The molecule has 1 aromatic rings. The second-order valence-electron chi connectivity index (χ2n) is 3.20. The van der Waals surface area contributed by atoms with Gasteiger partial charge in [-0.1, -0.05) is 11.6 Å². The van der Waals surface area contributed by atoms with Crippen LogP contribution in [0.25, 0.3) is 0 Å². The summed E-state index contributed by atoms with van der Waals surface area (Å²) in [5.74, 6) is 1.20. The molecule has 0 aliphatic heterocycles. The van der Waals surface area contributed by atoms with Crippen LogP contribution in [-0.4, -0.2) is 32.5 Å². The van der Waals surface area contributed by atoms with Crippen LogP contribution in [0.1, 0.15) is 5.56 Å². The van der Waals surface area contributed by atoms with E-state index in [9.17, 15) is 0 Å². The summed E-state index contributed by atoms with van der Waals surface area (Å²) in [6.45, 7) is 0.817. The molecule has 2 N–H and O–H groups in total. The fourth-order valence-corrected chi connectivity index (χ4v) is 1.64. The zero-order valence-electron chi connectivity index (χ0n) is 9.42. The second kappa shape index (κ2) is 6.58. The molecule has 90 valence electrons. The molecule has 0 spiro atoms. The van der Waals surface area contributed by atoms with E-state index in [1.165, 1.54) is 0 Å². The monoisotopic (exact) mass is 245 g/mol. The smallest absolute Gasteiger partial charge is 0.165 e. The molecule has 0 saturated heterocycles. The van der Waals surface area contributed by atoms with Gasteiger partial charge in [0.25, 0.3) is 0 Å². The number of aliphatic hydroxyl groups is 1. The van der Waals surface area contributed by atoms with Crippen LogP contribution < -0.4 is 14.8 Å². The van der Waals surface area contributed by atoms with Crippen LogP contribution in [0, 0.1) is 0 Å². The molecule has 1 aromatic carbocycles. The van der Waals surface area contributed by atoms with Crippen LogP contribution >= 0.6 is 11.6 Å². The van der Waals surface area contributed by atoms with E-state index in [2.05, 4.69) is 5.32 Å². The minimum atomic E-state index is -0.0369. The first kappa shape index (κ1) is 13.1. The highest BCUT2D eigenvalue weighted by atomic mass is 35.5. The number of hydrogen-bond donors (Lipinski definition) is 2. The molecule has 1 rings (SSSR count). The summed E-state index contributed by atoms with van der Waals surface area (Å²) in [5, 5.41) is 12.4. The van der Waals surface area contributed by atoms with E-state index >= 15 is 0 Å². The molecule has 0 radical (unpaired) electrons. The van der Waals surface area contributed by atoms with Gasteiger partial charge in [-0.25, -0.2) is 0 Å². The molecule has 0 aliphatic rings. The molecule has 0 aliphatic carbocycles. The Morgan fingerprint density at radius 3 is 2.75 bits per heavy atom. The molecular formula is C11H16ClNO3. The standard InChI is InChI=1S/C11H16ClNO3/c1-13-7-8-5-9(12)6-10(15-2)11(8)16-4-3-14/h5-6,13-14H,3-4,7H2,1-2H3. The van der Waals surface area contributed by atoms with E-state index in [-0.39, 0.29) is 13.2 Å². The molecule has 0 heterocycles. The number of ether oxygens (including phenoxy) is 2. The maximum atomic E-state index is 8.76. The molecule has 0 amide bonds.